The highest BCUT2D eigenvalue weighted by Crippen LogP contribution is 2.25. The van der Waals surface area contributed by atoms with Gasteiger partial charge in [0, 0.05) is 12.0 Å². The number of hydrogen-bond acceptors (Lipinski definition) is 2. The highest BCUT2D eigenvalue weighted by Gasteiger charge is 2.27. The van der Waals surface area contributed by atoms with E-state index < -0.39 is 14.2 Å². The predicted molar refractivity (Wildman–Crippen MR) is 74.5 cm³/mol. The molecule has 17 heavy (non-hydrogen) atoms. The fourth-order valence-electron chi connectivity index (χ4n) is 1.65. The van der Waals surface area contributed by atoms with Crippen LogP contribution in [0.1, 0.15) is 27.2 Å². The van der Waals surface area contributed by atoms with Crippen molar-refractivity contribution in [2.45, 2.75) is 64.6 Å². The van der Waals surface area contributed by atoms with Gasteiger partial charge < -0.3 is 9.84 Å². The maximum absolute atomic E-state index is 9.92. The summed E-state index contributed by atoms with van der Waals surface area (Å²) in [5, 5.41) is 9.92. The monoisotopic (exact) mass is 252 g/mol. The highest BCUT2D eigenvalue weighted by molar-refractivity contribution is 6.83. The van der Waals surface area contributed by atoms with Crippen LogP contribution >= 0.6 is 0 Å². The van der Waals surface area contributed by atoms with Gasteiger partial charge in [-0.25, -0.2) is 0 Å². The molecule has 0 spiro atoms. The van der Waals surface area contributed by atoms with Crippen molar-refractivity contribution in [2.24, 2.45) is 0 Å². The summed E-state index contributed by atoms with van der Waals surface area (Å²) < 4.78 is 5.84. The van der Waals surface area contributed by atoms with Crippen molar-refractivity contribution in [2.75, 3.05) is 0 Å². The second-order valence-corrected chi connectivity index (χ2v) is 11.4. The van der Waals surface area contributed by atoms with E-state index in [1.165, 1.54) is 0 Å². The molecule has 0 aromatic carbocycles. The molecular weight excluding hydrogens is 228 g/mol. The highest BCUT2D eigenvalue weighted by atomic mass is 28.3. The number of aliphatic hydroxyl groups is 1. The molecule has 1 rings (SSSR count). The van der Waals surface area contributed by atoms with Crippen molar-refractivity contribution in [1.29, 1.82) is 0 Å². The molecule has 0 heterocycles. The Balaban J connectivity index is 2.73. The van der Waals surface area contributed by atoms with E-state index in [-0.39, 0.29) is 11.7 Å². The molecule has 1 aliphatic rings. The molecule has 96 valence electrons. The van der Waals surface area contributed by atoms with Gasteiger partial charge >= 0.3 is 0 Å². The van der Waals surface area contributed by atoms with Gasteiger partial charge in [0.25, 0.3) is 0 Å². The van der Waals surface area contributed by atoms with Crippen LogP contribution in [0, 0.1) is 11.5 Å². The Labute approximate surface area is 106 Å². The quantitative estimate of drug-likeness (QED) is 0.574. The van der Waals surface area contributed by atoms with Crippen molar-refractivity contribution in [3.05, 3.63) is 11.6 Å². The van der Waals surface area contributed by atoms with E-state index in [1.807, 2.05) is 26.8 Å². The molecule has 1 aliphatic carbocycles. The number of aliphatic hydroxyl groups excluding tert-OH is 1. The van der Waals surface area contributed by atoms with Crippen molar-refractivity contribution in [1.82, 2.24) is 0 Å². The van der Waals surface area contributed by atoms with Crippen molar-refractivity contribution in [3.8, 4) is 11.5 Å². The Kier molecular flexibility index (Phi) is 4.24. The molecule has 0 radical (unpaired) electrons. The predicted octanol–water partition coefficient (Wildman–Crippen LogP) is 2.74. The summed E-state index contributed by atoms with van der Waals surface area (Å²) in [5.74, 6) is 3.13. The minimum Gasteiger partial charge on any atom is -0.388 e. The Morgan fingerprint density at radius 2 is 1.94 bits per heavy atom. The Morgan fingerprint density at radius 3 is 2.41 bits per heavy atom. The van der Waals surface area contributed by atoms with Crippen LogP contribution in [0.4, 0.5) is 0 Å². The third-order valence-electron chi connectivity index (χ3n) is 2.27. The van der Waals surface area contributed by atoms with Crippen LogP contribution in [-0.4, -0.2) is 31.0 Å². The molecule has 3 heteroatoms. The standard InChI is InChI=1S/C14H24O2Si/c1-14(2,3)16-12-9-11(13(15)10-12)7-8-17(4,5)6/h9,12-13,15H,10H2,1-6H3/t12-,13-/m0/s1. The van der Waals surface area contributed by atoms with E-state index in [1.54, 1.807) is 0 Å². The molecule has 2 atom stereocenters. The summed E-state index contributed by atoms with van der Waals surface area (Å²) in [5.41, 5.74) is 3.94. The summed E-state index contributed by atoms with van der Waals surface area (Å²) in [7, 11) is -1.38. The van der Waals surface area contributed by atoms with Gasteiger partial charge in [-0.15, -0.1) is 5.54 Å². The molecule has 0 aromatic rings. The smallest absolute Gasteiger partial charge is 0.129 e. The Morgan fingerprint density at radius 1 is 1.35 bits per heavy atom. The molecule has 0 bridgehead atoms. The van der Waals surface area contributed by atoms with Crippen molar-refractivity contribution >= 4 is 8.07 Å². The van der Waals surface area contributed by atoms with E-state index >= 15 is 0 Å². The van der Waals surface area contributed by atoms with Crippen molar-refractivity contribution < 1.29 is 9.84 Å². The minimum atomic E-state index is -1.38. The molecule has 0 aromatic heterocycles. The molecule has 0 aliphatic heterocycles. The molecule has 0 unspecified atom stereocenters. The number of hydrogen-bond donors (Lipinski definition) is 1. The van der Waals surface area contributed by atoms with Crippen molar-refractivity contribution in [3.63, 3.8) is 0 Å². The molecular formula is C14H24O2Si. The maximum Gasteiger partial charge on any atom is 0.129 e. The van der Waals surface area contributed by atoms with Gasteiger partial charge in [0.1, 0.15) is 8.07 Å². The number of ether oxygens (including phenoxy) is 1. The van der Waals surface area contributed by atoms with Gasteiger partial charge in [0.15, 0.2) is 0 Å². The molecule has 1 N–H and O–H groups in total. The number of rotatable bonds is 1. The molecule has 0 fully saturated rings. The lowest BCUT2D eigenvalue weighted by Gasteiger charge is -2.23. The minimum absolute atomic E-state index is 0.00376. The van der Waals surface area contributed by atoms with Crippen LogP contribution in [-0.2, 0) is 4.74 Å². The van der Waals surface area contributed by atoms with Crippen LogP contribution < -0.4 is 0 Å². The Bertz CT molecular complexity index is 360. The first kappa shape index (κ1) is 14.5. The van der Waals surface area contributed by atoms with E-state index in [4.69, 9.17) is 4.74 Å². The molecule has 0 amide bonds. The van der Waals surface area contributed by atoms with Gasteiger partial charge in [-0.1, -0.05) is 25.6 Å². The Hall–Kier alpha value is -0.563. The normalized spacial score (nSPS) is 25.2. The van der Waals surface area contributed by atoms with E-state index in [2.05, 4.69) is 31.1 Å². The SMILES string of the molecule is CC(C)(C)O[C@H]1C=C(C#C[Si](C)(C)C)[C@@H](O)C1. The van der Waals surface area contributed by atoms with Gasteiger partial charge in [0.2, 0.25) is 0 Å². The lowest BCUT2D eigenvalue weighted by Crippen LogP contribution is -2.26. The van der Waals surface area contributed by atoms with Gasteiger partial charge in [-0.2, -0.15) is 0 Å². The van der Waals surface area contributed by atoms with E-state index in [9.17, 15) is 5.11 Å². The zero-order valence-corrected chi connectivity index (χ0v) is 12.8. The lowest BCUT2D eigenvalue weighted by molar-refractivity contribution is -0.0450. The third-order valence-corrected chi connectivity index (χ3v) is 3.14. The van der Waals surface area contributed by atoms with Crippen LogP contribution in [0.15, 0.2) is 11.6 Å². The van der Waals surface area contributed by atoms with Gasteiger partial charge in [-0.3, -0.25) is 0 Å². The van der Waals surface area contributed by atoms with Crippen LogP contribution in [0.25, 0.3) is 0 Å². The van der Waals surface area contributed by atoms with Crippen LogP contribution in [0.2, 0.25) is 19.6 Å². The largest absolute Gasteiger partial charge is 0.388 e. The van der Waals surface area contributed by atoms with E-state index in [0.29, 0.717) is 6.42 Å². The fourth-order valence-corrected chi connectivity index (χ4v) is 2.17. The summed E-state index contributed by atoms with van der Waals surface area (Å²) in [6.45, 7) is 12.7. The van der Waals surface area contributed by atoms with Crippen LogP contribution in [0.5, 0.6) is 0 Å². The van der Waals surface area contributed by atoms with Crippen LogP contribution in [0.3, 0.4) is 0 Å². The third kappa shape index (κ3) is 5.54. The molecule has 0 saturated heterocycles. The summed E-state index contributed by atoms with van der Waals surface area (Å²) >= 11 is 0. The first-order valence-electron chi connectivity index (χ1n) is 6.18. The average Bonchev–Trinajstić information content (AvgIpc) is 2.38. The molecule has 2 nitrogen and oxygen atoms in total. The fraction of sp³-hybridized carbons (Fsp3) is 0.714. The zero-order chi connectivity index (χ0) is 13.3. The maximum atomic E-state index is 9.92. The summed E-state index contributed by atoms with van der Waals surface area (Å²) in [6.07, 6.45) is 2.15. The lowest BCUT2D eigenvalue weighted by atomic mass is 10.1. The summed E-state index contributed by atoms with van der Waals surface area (Å²) in [4.78, 5) is 0. The second kappa shape index (κ2) is 4.97. The average molecular weight is 252 g/mol. The molecule has 0 saturated carbocycles. The second-order valence-electron chi connectivity index (χ2n) is 6.64. The zero-order valence-electron chi connectivity index (χ0n) is 11.8. The van der Waals surface area contributed by atoms with Gasteiger partial charge in [-0.05, 0) is 26.8 Å². The van der Waals surface area contributed by atoms with E-state index in [0.717, 1.165) is 5.57 Å². The first-order valence-corrected chi connectivity index (χ1v) is 9.68. The first-order chi connectivity index (χ1) is 7.57. The van der Waals surface area contributed by atoms with Gasteiger partial charge in [0.05, 0.1) is 17.8 Å². The summed E-state index contributed by atoms with van der Waals surface area (Å²) in [6, 6.07) is 0. The topological polar surface area (TPSA) is 29.5 Å².